The van der Waals surface area contributed by atoms with E-state index in [1.807, 2.05) is 13.1 Å². The molecule has 1 fully saturated rings. The molecule has 0 saturated carbocycles. The number of aliphatic hydroxyl groups excluding tert-OH is 1. The predicted octanol–water partition coefficient (Wildman–Crippen LogP) is 1.52. The molecule has 10 heteroatoms. The lowest BCUT2D eigenvalue weighted by Gasteiger charge is -2.44. The maximum atomic E-state index is 11.6. The Bertz CT molecular complexity index is 584. The summed E-state index contributed by atoms with van der Waals surface area (Å²) < 4.78 is 27.3. The predicted molar refractivity (Wildman–Crippen MR) is 101 cm³/mol. The van der Waals surface area contributed by atoms with Gasteiger partial charge >= 0.3 is 17.9 Å². The summed E-state index contributed by atoms with van der Waals surface area (Å²) in [6.07, 6.45) is -6.17. The molecule has 0 aromatic rings. The Morgan fingerprint density at radius 2 is 1.32 bits per heavy atom. The van der Waals surface area contributed by atoms with E-state index in [-0.39, 0.29) is 11.6 Å². The lowest BCUT2D eigenvalue weighted by atomic mass is 9.98. The van der Waals surface area contributed by atoms with Gasteiger partial charge in [-0.1, -0.05) is 20.8 Å². The van der Waals surface area contributed by atoms with Crippen LogP contribution >= 0.6 is 0 Å². The van der Waals surface area contributed by atoms with Gasteiger partial charge in [-0.25, -0.2) is 0 Å². The third-order valence-corrected chi connectivity index (χ3v) is 9.43. The summed E-state index contributed by atoms with van der Waals surface area (Å²) in [6, 6.07) is 0. The maximum absolute atomic E-state index is 11.6. The zero-order valence-corrected chi connectivity index (χ0v) is 18.8. The summed E-state index contributed by atoms with van der Waals surface area (Å²) in [6.45, 7) is 13.8. The Morgan fingerprint density at radius 1 is 0.893 bits per heavy atom. The highest BCUT2D eigenvalue weighted by Gasteiger charge is 2.52. The highest BCUT2D eigenvalue weighted by Crippen LogP contribution is 2.37. The van der Waals surface area contributed by atoms with E-state index in [4.69, 9.17) is 23.4 Å². The zero-order chi connectivity index (χ0) is 21.9. The van der Waals surface area contributed by atoms with Gasteiger partial charge in [0.1, 0.15) is 6.10 Å². The minimum absolute atomic E-state index is 0.00998. The van der Waals surface area contributed by atoms with Crippen LogP contribution in [-0.4, -0.2) is 68.6 Å². The van der Waals surface area contributed by atoms with E-state index in [0.717, 1.165) is 6.92 Å². The first-order chi connectivity index (χ1) is 12.7. The SMILES string of the molecule is CC(=O)O[C@@H]1[C@@H](OC(C)=O)[C@@H](O)O[C@H](CO[Si](C)(C)C(C)(C)C)[C@@H]1OC(C)=O. The number of ether oxygens (including phenoxy) is 4. The van der Waals surface area contributed by atoms with Crippen LogP contribution in [0.1, 0.15) is 41.5 Å². The summed E-state index contributed by atoms with van der Waals surface area (Å²) in [5, 5.41) is 10.3. The minimum atomic E-state index is -2.17. The fourth-order valence-corrected chi connectivity index (χ4v) is 3.53. The van der Waals surface area contributed by atoms with E-state index < -0.39 is 56.9 Å². The van der Waals surface area contributed by atoms with Crippen LogP contribution in [0.4, 0.5) is 0 Å². The van der Waals surface area contributed by atoms with Gasteiger partial charge < -0.3 is 28.5 Å². The zero-order valence-electron chi connectivity index (χ0n) is 17.8. The summed E-state index contributed by atoms with van der Waals surface area (Å²) in [5.41, 5.74) is 0. The Hall–Kier alpha value is -1.49. The minimum Gasteiger partial charge on any atom is -0.456 e. The highest BCUT2D eigenvalue weighted by molar-refractivity contribution is 6.74. The summed E-state index contributed by atoms with van der Waals surface area (Å²) in [4.78, 5) is 34.6. The van der Waals surface area contributed by atoms with Gasteiger partial charge in [0, 0.05) is 20.8 Å². The third-order valence-electron chi connectivity index (χ3n) is 4.93. The van der Waals surface area contributed by atoms with E-state index in [1.54, 1.807) is 0 Å². The van der Waals surface area contributed by atoms with Crippen LogP contribution in [0.3, 0.4) is 0 Å². The van der Waals surface area contributed by atoms with Crippen LogP contribution in [0.2, 0.25) is 18.1 Å². The molecule has 1 aliphatic rings. The van der Waals surface area contributed by atoms with Gasteiger partial charge in [-0.2, -0.15) is 0 Å². The summed E-state index contributed by atoms with van der Waals surface area (Å²) in [5.74, 6) is -2.03. The molecule has 0 spiro atoms. The van der Waals surface area contributed by atoms with E-state index in [9.17, 15) is 19.5 Å². The van der Waals surface area contributed by atoms with Crippen molar-refractivity contribution in [3.8, 4) is 0 Å². The molecular weight excluding hydrogens is 388 g/mol. The molecule has 0 bridgehead atoms. The van der Waals surface area contributed by atoms with Crippen LogP contribution in [0.15, 0.2) is 0 Å². The quantitative estimate of drug-likeness (QED) is 0.387. The monoisotopic (exact) mass is 420 g/mol. The molecule has 0 amide bonds. The van der Waals surface area contributed by atoms with Crippen molar-refractivity contribution in [3.05, 3.63) is 0 Å². The summed E-state index contributed by atoms with van der Waals surface area (Å²) >= 11 is 0. The molecule has 1 N–H and O–H groups in total. The van der Waals surface area contributed by atoms with E-state index in [2.05, 4.69) is 20.8 Å². The number of hydrogen-bond acceptors (Lipinski definition) is 9. The van der Waals surface area contributed by atoms with Crippen molar-refractivity contribution in [1.29, 1.82) is 0 Å². The van der Waals surface area contributed by atoms with Crippen molar-refractivity contribution in [3.63, 3.8) is 0 Å². The second-order valence-electron chi connectivity index (χ2n) is 8.36. The largest absolute Gasteiger partial charge is 0.456 e. The van der Waals surface area contributed by atoms with Gasteiger partial charge in [-0.05, 0) is 18.1 Å². The van der Waals surface area contributed by atoms with Crippen LogP contribution in [-0.2, 0) is 37.8 Å². The Morgan fingerprint density at radius 3 is 1.75 bits per heavy atom. The molecule has 0 aliphatic carbocycles. The van der Waals surface area contributed by atoms with Gasteiger partial charge in [0.25, 0.3) is 0 Å². The molecule has 162 valence electrons. The molecule has 5 atom stereocenters. The number of carbonyl (C=O) groups excluding carboxylic acids is 3. The van der Waals surface area contributed by atoms with Crippen LogP contribution in [0, 0.1) is 0 Å². The van der Waals surface area contributed by atoms with Gasteiger partial charge in [0.05, 0.1) is 6.61 Å². The first-order valence-corrected chi connectivity index (χ1v) is 12.1. The number of aliphatic hydroxyl groups is 1. The van der Waals surface area contributed by atoms with Gasteiger partial charge in [0.2, 0.25) is 0 Å². The average Bonchev–Trinajstić information content (AvgIpc) is 2.49. The molecular formula is C18H32O9Si. The Labute approximate surface area is 166 Å². The van der Waals surface area contributed by atoms with Crippen molar-refractivity contribution in [2.75, 3.05) is 6.61 Å². The van der Waals surface area contributed by atoms with E-state index in [0.29, 0.717) is 0 Å². The van der Waals surface area contributed by atoms with Gasteiger partial charge in [-0.3, -0.25) is 14.4 Å². The first kappa shape index (κ1) is 24.5. The number of rotatable bonds is 6. The normalized spacial score (nSPS) is 28.4. The van der Waals surface area contributed by atoms with Crippen molar-refractivity contribution in [2.45, 2.75) is 90.4 Å². The maximum Gasteiger partial charge on any atom is 0.303 e. The van der Waals surface area contributed by atoms with Crippen molar-refractivity contribution >= 4 is 26.2 Å². The number of hydrogen-bond donors (Lipinski definition) is 1. The van der Waals surface area contributed by atoms with Crippen LogP contribution in [0.25, 0.3) is 0 Å². The van der Waals surface area contributed by atoms with Crippen LogP contribution in [0.5, 0.6) is 0 Å². The molecule has 0 aromatic heterocycles. The lowest BCUT2D eigenvalue weighted by Crippen LogP contribution is -2.62. The molecule has 0 unspecified atom stereocenters. The molecule has 1 rings (SSSR count). The van der Waals surface area contributed by atoms with Crippen molar-refractivity contribution < 1.29 is 42.9 Å². The summed E-state index contributed by atoms with van der Waals surface area (Å²) in [7, 11) is -2.17. The smallest absolute Gasteiger partial charge is 0.303 e. The molecule has 0 aromatic carbocycles. The molecule has 9 nitrogen and oxygen atoms in total. The standard InChI is InChI=1S/C18H32O9Si/c1-10(19)24-14-13(9-23-28(7,8)18(4,5)6)27-17(22)16(26-12(3)21)15(14)25-11(2)20/h13-17,22H,9H2,1-8H3/t13-,14+,15+,16-,17+/m1/s1. The fraction of sp³-hybridized carbons (Fsp3) is 0.833. The molecule has 0 radical (unpaired) electrons. The molecule has 1 saturated heterocycles. The van der Waals surface area contributed by atoms with Crippen molar-refractivity contribution in [2.24, 2.45) is 0 Å². The number of esters is 3. The van der Waals surface area contributed by atoms with Gasteiger partial charge in [0.15, 0.2) is 32.9 Å². The van der Waals surface area contributed by atoms with Crippen molar-refractivity contribution in [1.82, 2.24) is 0 Å². The lowest BCUT2D eigenvalue weighted by molar-refractivity contribution is -0.294. The fourth-order valence-electron chi connectivity index (χ4n) is 2.51. The average molecular weight is 421 g/mol. The second-order valence-corrected chi connectivity index (χ2v) is 13.2. The topological polar surface area (TPSA) is 118 Å². The molecule has 28 heavy (non-hydrogen) atoms. The second kappa shape index (κ2) is 9.34. The Kier molecular flexibility index (Phi) is 8.18. The molecule has 1 aliphatic heterocycles. The highest BCUT2D eigenvalue weighted by atomic mass is 28.4. The first-order valence-electron chi connectivity index (χ1n) is 9.15. The molecule has 1 heterocycles. The van der Waals surface area contributed by atoms with E-state index in [1.165, 1.54) is 13.8 Å². The van der Waals surface area contributed by atoms with Crippen LogP contribution < -0.4 is 0 Å². The third kappa shape index (κ3) is 6.54. The van der Waals surface area contributed by atoms with Gasteiger partial charge in [-0.15, -0.1) is 0 Å². The Balaban J connectivity index is 3.15. The van der Waals surface area contributed by atoms with E-state index >= 15 is 0 Å². The number of carbonyl (C=O) groups is 3.